The molecule has 1 aromatic carbocycles. The lowest BCUT2D eigenvalue weighted by atomic mass is 9.96. The SMILES string of the molecule is C/C(=C\c1ccccc1)CN(CC(C)C)C(=O)NC1CCCCC1. The van der Waals surface area contributed by atoms with Gasteiger partial charge in [-0.2, -0.15) is 0 Å². The van der Waals surface area contributed by atoms with Crippen molar-refractivity contribution in [3.8, 4) is 0 Å². The summed E-state index contributed by atoms with van der Waals surface area (Å²) in [6.45, 7) is 7.91. The molecule has 3 nitrogen and oxygen atoms in total. The maximum Gasteiger partial charge on any atom is 0.317 e. The molecule has 0 saturated heterocycles. The smallest absolute Gasteiger partial charge is 0.317 e. The van der Waals surface area contributed by atoms with Crippen molar-refractivity contribution in [3.05, 3.63) is 41.5 Å². The van der Waals surface area contributed by atoms with Crippen LogP contribution in [0, 0.1) is 5.92 Å². The molecule has 2 amide bonds. The Morgan fingerprint density at radius 1 is 1.21 bits per heavy atom. The topological polar surface area (TPSA) is 32.3 Å². The number of benzene rings is 1. The minimum atomic E-state index is 0.0939. The number of nitrogens with one attached hydrogen (secondary N) is 1. The van der Waals surface area contributed by atoms with Gasteiger partial charge in [0.25, 0.3) is 0 Å². The van der Waals surface area contributed by atoms with Crippen molar-refractivity contribution < 1.29 is 4.79 Å². The Kier molecular flexibility index (Phi) is 7.36. The number of rotatable bonds is 6. The number of carbonyl (C=O) groups excluding carboxylic acids is 1. The Labute approximate surface area is 147 Å². The third-order valence-electron chi connectivity index (χ3n) is 4.46. The van der Waals surface area contributed by atoms with Gasteiger partial charge in [-0.05, 0) is 31.2 Å². The molecule has 1 aliphatic rings. The molecule has 24 heavy (non-hydrogen) atoms. The maximum atomic E-state index is 12.7. The van der Waals surface area contributed by atoms with Crippen molar-refractivity contribution in [1.29, 1.82) is 0 Å². The van der Waals surface area contributed by atoms with Gasteiger partial charge in [-0.25, -0.2) is 4.79 Å². The van der Waals surface area contributed by atoms with Crippen molar-refractivity contribution in [1.82, 2.24) is 10.2 Å². The maximum absolute atomic E-state index is 12.7. The number of urea groups is 1. The predicted molar refractivity (Wildman–Crippen MR) is 102 cm³/mol. The minimum absolute atomic E-state index is 0.0939. The van der Waals surface area contributed by atoms with Gasteiger partial charge in [-0.15, -0.1) is 0 Å². The van der Waals surface area contributed by atoms with Gasteiger partial charge in [0.1, 0.15) is 0 Å². The second kappa shape index (κ2) is 9.51. The average Bonchev–Trinajstić information content (AvgIpc) is 2.55. The van der Waals surface area contributed by atoms with E-state index >= 15 is 0 Å². The molecule has 0 unspecified atom stereocenters. The fourth-order valence-corrected chi connectivity index (χ4v) is 3.35. The van der Waals surface area contributed by atoms with Crippen LogP contribution in [0.15, 0.2) is 35.9 Å². The van der Waals surface area contributed by atoms with Crippen LogP contribution in [0.3, 0.4) is 0 Å². The first-order chi connectivity index (χ1) is 11.5. The predicted octanol–water partition coefficient (Wildman–Crippen LogP) is 5.09. The fourth-order valence-electron chi connectivity index (χ4n) is 3.35. The van der Waals surface area contributed by atoms with E-state index in [-0.39, 0.29) is 6.03 Å². The molecule has 1 aliphatic carbocycles. The third kappa shape index (κ3) is 6.38. The standard InChI is InChI=1S/C21H32N2O/c1-17(2)15-23(21(24)22-20-12-8-5-9-13-20)16-18(3)14-19-10-6-4-7-11-19/h4,6-7,10-11,14,17,20H,5,8-9,12-13,15-16H2,1-3H3,(H,22,24)/b18-14+. The zero-order valence-electron chi connectivity index (χ0n) is 15.4. The molecule has 3 heteroatoms. The van der Waals surface area contributed by atoms with E-state index in [0.717, 1.165) is 19.4 Å². The molecule has 1 aromatic rings. The Bertz CT molecular complexity index is 530. The minimum Gasteiger partial charge on any atom is -0.335 e. The van der Waals surface area contributed by atoms with Gasteiger partial charge in [0, 0.05) is 19.1 Å². The highest BCUT2D eigenvalue weighted by atomic mass is 16.2. The van der Waals surface area contributed by atoms with E-state index in [4.69, 9.17) is 0 Å². The quantitative estimate of drug-likeness (QED) is 0.775. The lowest BCUT2D eigenvalue weighted by molar-refractivity contribution is 0.188. The summed E-state index contributed by atoms with van der Waals surface area (Å²) < 4.78 is 0. The second-order valence-electron chi connectivity index (χ2n) is 7.46. The number of amides is 2. The molecular formula is C21H32N2O. The molecule has 0 heterocycles. The molecule has 0 radical (unpaired) electrons. The Morgan fingerprint density at radius 3 is 2.50 bits per heavy atom. The summed E-state index contributed by atoms with van der Waals surface area (Å²) >= 11 is 0. The first-order valence-corrected chi connectivity index (χ1v) is 9.32. The summed E-state index contributed by atoms with van der Waals surface area (Å²) in [7, 11) is 0. The van der Waals surface area contributed by atoms with E-state index in [9.17, 15) is 4.79 Å². The van der Waals surface area contributed by atoms with Gasteiger partial charge in [0.05, 0.1) is 0 Å². The molecule has 0 aliphatic heterocycles. The van der Waals surface area contributed by atoms with Crippen LogP contribution in [0.5, 0.6) is 0 Å². The number of carbonyl (C=O) groups is 1. The number of nitrogens with zero attached hydrogens (tertiary/aromatic N) is 1. The van der Waals surface area contributed by atoms with Crippen LogP contribution in [-0.4, -0.2) is 30.1 Å². The fraction of sp³-hybridized carbons (Fsp3) is 0.571. The van der Waals surface area contributed by atoms with Crippen LogP contribution in [0.25, 0.3) is 6.08 Å². The molecule has 1 saturated carbocycles. The van der Waals surface area contributed by atoms with Gasteiger partial charge in [0.2, 0.25) is 0 Å². The normalized spacial score (nSPS) is 16.2. The Morgan fingerprint density at radius 2 is 1.88 bits per heavy atom. The summed E-state index contributed by atoms with van der Waals surface area (Å²) in [4.78, 5) is 14.7. The largest absolute Gasteiger partial charge is 0.335 e. The van der Waals surface area contributed by atoms with Gasteiger partial charge in [0.15, 0.2) is 0 Å². The van der Waals surface area contributed by atoms with Crippen LogP contribution in [0.4, 0.5) is 4.79 Å². The molecule has 2 rings (SSSR count). The molecule has 1 fully saturated rings. The Balaban J connectivity index is 1.98. The van der Waals surface area contributed by atoms with E-state index < -0.39 is 0 Å². The zero-order chi connectivity index (χ0) is 17.4. The van der Waals surface area contributed by atoms with E-state index in [1.807, 2.05) is 23.1 Å². The van der Waals surface area contributed by atoms with Crippen molar-refractivity contribution in [3.63, 3.8) is 0 Å². The molecular weight excluding hydrogens is 296 g/mol. The van der Waals surface area contributed by atoms with Gasteiger partial charge < -0.3 is 10.2 Å². The second-order valence-corrected chi connectivity index (χ2v) is 7.46. The van der Waals surface area contributed by atoms with Crippen molar-refractivity contribution >= 4 is 12.1 Å². The van der Waals surface area contributed by atoms with Crippen molar-refractivity contribution in [2.45, 2.75) is 58.9 Å². The summed E-state index contributed by atoms with van der Waals surface area (Å²) in [6.07, 6.45) is 8.20. The zero-order valence-corrected chi connectivity index (χ0v) is 15.4. The molecule has 0 atom stereocenters. The van der Waals surface area contributed by atoms with Crippen LogP contribution in [0.1, 0.15) is 58.4 Å². The molecule has 0 spiro atoms. The average molecular weight is 329 g/mol. The van der Waals surface area contributed by atoms with Crippen molar-refractivity contribution in [2.75, 3.05) is 13.1 Å². The highest BCUT2D eigenvalue weighted by molar-refractivity contribution is 5.75. The van der Waals surface area contributed by atoms with Crippen LogP contribution < -0.4 is 5.32 Å². The Hall–Kier alpha value is -1.77. The highest BCUT2D eigenvalue weighted by Crippen LogP contribution is 2.18. The van der Waals surface area contributed by atoms with Crippen LogP contribution in [0.2, 0.25) is 0 Å². The van der Waals surface area contributed by atoms with Gasteiger partial charge in [-0.3, -0.25) is 0 Å². The summed E-state index contributed by atoms with van der Waals surface area (Å²) in [5.74, 6) is 0.464. The van der Waals surface area contributed by atoms with Gasteiger partial charge in [-0.1, -0.05) is 75.1 Å². The van der Waals surface area contributed by atoms with Crippen LogP contribution in [-0.2, 0) is 0 Å². The molecule has 1 N–H and O–H groups in total. The first-order valence-electron chi connectivity index (χ1n) is 9.32. The number of hydrogen-bond donors (Lipinski definition) is 1. The summed E-state index contributed by atoms with van der Waals surface area (Å²) in [5, 5.41) is 3.25. The molecule has 0 bridgehead atoms. The third-order valence-corrected chi connectivity index (χ3v) is 4.46. The number of hydrogen-bond acceptors (Lipinski definition) is 1. The summed E-state index contributed by atoms with van der Waals surface area (Å²) in [5.41, 5.74) is 2.40. The molecule has 0 aromatic heterocycles. The van der Waals surface area contributed by atoms with Crippen LogP contribution >= 0.6 is 0 Å². The molecule has 132 valence electrons. The highest BCUT2D eigenvalue weighted by Gasteiger charge is 2.20. The first kappa shape index (κ1) is 18.6. The van der Waals surface area contributed by atoms with Gasteiger partial charge >= 0.3 is 6.03 Å². The van der Waals surface area contributed by atoms with E-state index in [1.54, 1.807) is 0 Å². The summed E-state index contributed by atoms with van der Waals surface area (Å²) in [6, 6.07) is 10.8. The van der Waals surface area contributed by atoms with Crippen molar-refractivity contribution in [2.24, 2.45) is 5.92 Å². The lowest BCUT2D eigenvalue weighted by Crippen LogP contribution is -2.47. The van der Waals surface area contributed by atoms with E-state index in [0.29, 0.717) is 18.5 Å². The van der Waals surface area contributed by atoms with E-state index in [2.05, 4.69) is 44.3 Å². The van der Waals surface area contributed by atoms with E-state index in [1.165, 1.54) is 30.4 Å². The monoisotopic (exact) mass is 328 g/mol. The lowest BCUT2D eigenvalue weighted by Gasteiger charge is -2.29.